The fourth-order valence-corrected chi connectivity index (χ4v) is 2.88. The van der Waals surface area contributed by atoms with E-state index in [1.165, 1.54) is 11.3 Å². The minimum atomic E-state index is -0.140. The molecule has 0 radical (unpaired) electrons. The van der Waals surface area contributed by atoms with Crippen molar-refractivity contribution in [2.45, 2.75) is 6.54 Å². The van der Waals surface area contributed by atoms with Crippen molar-refractivity contribution in [2.75, 3.05) is 7.05 Å². The molecular weight excluding hydrogens is 332 g/mol. The van der Waals surface area contributed by atoms with E-state index in [-0.39, 0.29) is 5.91 Å². The molecule has 0 N–H and O–H groups in total. The molecule has 2 heterocycles. The van der Waals surface area contributed by atoms with Crippen LogP contribution in [0.3, 0.4) is 0 Å². The zero-order valence-electron chi connectivity index (χ0n) is 12.3. The van der Waals surface area contributed by atoms with E-state index in [1.807, 2.05) is 24.3 Å². The Morgan fingerprint density at radius 3 is 2.61 bits per heavy atom. The number of rotatable bonds is 4. The van der Waals surface area contributed by atoms with Crippen LogP contribution in [0.4, 0.5) is 0 Å². The molecule has 5 nitrogen and oxygen atoms in total. The fourth-order valence-electron chi connectivity index (χ4n) is 2.02. The molecule has 0 bridgehead atoms. The van der Waals surface area contributed by atoms with Crippen molar-refractivity contribution in [3.8, 4) is 10.8 Å². The molecule has 1 amide bonds. The smallest absolute Gasteiger partial charge is 0.273 e. The first-order valence-electron chi connectivity index (χ1n) is 6.86. The summed E-state index contributed by atoms with van der Waals surface area (Å²) >= 11 is 7.22. The predicted molar refractivity (Wildman–Crippen MR) is 90.4 cm³/mol. The van der Waals surface area contributed by atoms with E-state index in [2.05, 4.69) is 15.0 Å². The number of hydrogen-bond acceptors (Lipinski definition) is 5. The molecule has 116 valence electrons. The number of hydrogen-bond donors (Lipinski definition) is 0. The van der Waals surface area contributed by atoms with Crippen molar-refractivity contribution < 1.29 is 4.79 Å². The largest absolute Gasteiger partial charge is 0.336 e. The third-order valence-corrected chi connectivity index (χ3v) is 4.25. The summed E-state index contributed by atoms with van der Waals surface area (Å²) in [5.74, 6) is 0.385. The van der Waals surface area contributed by atoms with Crippen LogP contribution in [-0.4, -0.2) is 32.8 Å². The number of carbonyl (C=O) groups excluding carboxylic acids is 1. The second-order valence-corrected chi connectivity index (χ2v) is 6.19. The summed E-state index contributed by atoms with van der Waals surface area (Å²) in [4.78, 5) is 26.7. The van der Waals surface area contributed by atoms with Crippen molar-refractivity contribution >= 4 is 28.8 Å². The zero-order valence-corrected chi connectivity index (χ0v) is 13.9. The second kappa shape index (κ2) is 6.85. The molecule has 0 aliphatic carbocycles. The van der Waals surface area contributed by atoms with Crippen LogP contribution in [0.25, 0.3) is 10.8 Å². The van der Waals surface area contributed by atoms with Gasteiger partial charge < -0.3 is 4.90 Å². The molecule has 2 aromatic heterocycles. The number of benzene rings is 1. The molecule has 3 aromatic rings. The number of thiazole rings is 1. The summed E-state index contributed by atoms with van der Waals surface area (Å²) < 4.78 is 0. The van der Waals surface area contributed by atoms with Gasteiger partial charge in [-0.05, 0) is 23.8 Å². The van der Waals surface area contributed by atoms with E-state index in [9.17, 15) is 4.79 Å². The Bertz CT molecular complexity index is 804. The minimum absolute atomic E-state index is 0.140. The number of halogens is 1. The van der Waals surface area contributed by atoms with Crippen LogP contribution >= 0.6 is 22.9 Å². The molecule has 0 unspecified atom stereocenters. The first-order chi connectivity index (χ1) is 11.1. The van der Waals surface area contributed by atoms with Crippen molar-refractivity contribution in [1.82, 2.24) is 19.9 Å². The predicted octanol–water partition coefficient (Wildman–Crippen LogP) is 3.53. The van der Waals surface area contributed by atoms with Gasteiger partial charge in [-0.1, -0.05) is 23.7 Å². The normalized spacial score (nSPS) is 10.5. The monoisotopic (exact) mass is 344 g/mol. The fraction of sp³-hybridized carbons (Fsp3) is 0.125. The Balaban J connectivity index is 1.72. The quantitative estimate of drug-likeness (QED) is 0.726. The van der Waals surface area contributed by atoms with E-state index in [4.69, 9.17) is 11.6 Å². The average Bonchev–Trinajstić information content (AvgIpc) is 3.07. The van der Waals surface area contributed by atoms with Crippen molar-refractivity contribution in [2.24, 2.45) is 0 Å². The lowest BCUT2D eigenvalue weighted by Gasteiger charge is -2.16. The lowest BCUT2D eigenvalue weighted by molar-refractivity contribution is 0.0780. The molecule has 3 rings (SSSR count). The lowest BCUT2D eigenvalue weighted by atomic mass is 10.2. The van der Waals surface area contributed by atoms with Crippen molar-refractivity contribution in [3.63, 3.8) is 0 Å². The highest BCUT2D eigenvalue weighted by Crippen LogP contribution is 2.20. The maximum Gasteiger partial charge on any atom is 0.273 e. The summed E-state index contributed by atoms with van der Waals surface area (Å²) in [6.07, 6.45) is 3.30. The number of nitrogens with zero attached hydrogens (tertiary/aromatic N) is 4. The van der Waals surface area contributed by atoms with E-state index in [1.54, 1.807) is 35.8 Å². The van der Waals surface area contributed by atoms with Gasteiger partial charge in [0.15, 0.2) is 10.8 Å². The summed E-state index contributed by atoms with van der Waals surface area (Å²) in [7, 11) is 1.75. The van der Waals surface area contributed by atoms with Gasteiger partial charge in [0.25, 0.3) is 5.91 Å². The third-order valence-electron chi connectivity index (χ3n) is 3.16. The summed E-state index contributed by atoms with van der Waals surface area (Å²) in [6, 6.07) is 9.15. The van der Waals surface area contributed by atoms with Gasteiger partial charge in [-0.3, -0.25) is 4.79 Å². The van der Waals surface area contributed by atoms with Gasteiger partial charge in [-0.2, -0.15) is 0 Å². The van der Waals surface area contributed by atoms with Crippen molar-refractivity contribution in [3.05, 3.63) is 64.4 Å². The number of carbonyl (C=O) groups is 1. The molecule has 0 saturated carbocycles. The summed E-state index contributed by atoms with van der Waals surface area (Å²) in [6.45, 7) is 0.491. The van der Waals surface area contributed by atoms with Gasteiger partial charge in [0.2, 0.25) is 0 Å². The minimum Gasteiger partial charge on any atom is -0.336 e. The standard InChI is InChI=1S/C16H13ClN4OS/c1-21(9-11-3-5-12(17)6-4-11)16(22)13-10-23-15(20-13)14-18-7-2-8-19-14/h2-8,10H,9H2,1H3. The molecule has 0 aliphatic heterocycles. The van der Waals surface area contributed by atoms with E-state index >= 15 is 0 Å². The first-order valence-corrected chi connectivity index (χ1v) is 8.12. The Kier molecular flexibility index (Phi) is 4.64. The van der Waals surface area contributed by atoms with E-state index in [0.29, 0.717) is 28.1 Å². The van der Waals surface area contributed by atoms with Crippen LogP contribution < -0.4 is 0 Å². The molecule has 0 saturated heterocycles. The Hall–Kier alpha value is -2.31. The first kappa shape index (κ1) is 15.6. The van der Waals surface area contributed by atoms with Crippen LogP contribution in [-0.2, 0) is 6.54 Å². The van der Waals surface area contributed by atoms with Gasteiger partial charge in [0.05, 0.1) is 0 Å². The second-order valence-electron chi connectivity index (χ2n) is 4.90. The Morgan fingerprint density at radius 1 is 1.22 bits per heavy atom. The molecule has 0 aliphatic rings. The topological polar surface area (TPSA) is 59.0 Å². The maximum atomic E-state index is 12.5. The number of aromatic nitrogens is 3. The maximum absolute atomic E-state index is 12.5. The van der Waals surface area contributed by atoms with Crippen molar-refractivity contribution in [1.29, 1.82) is 0 Å². The molecule has 0 spiro atoms. The SMILES string of the molecule is CN(Cc1ccc(Cl)cc1)C(=O)c1csc(-c2ncccn2)n1. The van der Waals surface area contributed by atoms with Gasteiger partial charge in [0.1, 0.15) is 5.69 Å². The summed E-state index contributed by atoms with van der Waals surface area (Å²) in [5.41, 5.74) is 1.40. The van der Waals surface area contributed by atoms with E-state index in [0.717, 1.165) is 5.56 Å². The molecule has 1 aromatic carbocycles. The number of amides is 1. The molecule has 0 atom stereocenters. The average molecular weight is 345 g/mol. The molecule has 7 heteroatoms. The van der Waals surface area contributed by atoms with Crippen LogP contribution in [0, 0.1) is 0 Å². The van der Waals surface area contributed by atoms with Gasteiger partial charge in [-0.15, -0.1) is 11.3 Å². The third kappa shape index (κ3) is 3.72. The summed E-state index contributed by atoms with van der Waals surface area (Å²) in [5, 5.41) is 3.04. The van der Waals surface area contributed by atoms with Gasteiger partial charge in [0, 0.05) is 36.4 Å². The van der Waals surface area contributed by atoms with Crippen LogP contribution in [0.1, 0.15) is 16.1 Å². The lowest BCUT2D eigenvalue weighted by Crippen LogP contribution is -2.26. The highest BCUT2D eigenvalue weighted by atomic mass is 35.5. The Labute approximate surface area is 142 Å². The van der Waals surface area contributed by atoms with Crippen LogP contribution in [0.5, 0.6) is 0 Å². The van der Waals surface area contributed by atoms with Gasteiger partial charge >= 0.3 is 0 Å². The van der Waals surface area contributed by atoms with Gasteiger partial charge in [-0.25, -0.2) is 15.0 Å². The Morgan fingerprint density at radius 2 is 1.91 bits per heavy atom. The van der Waals surface area contributed by atoms with Crippen LogP contribution in [0.15, 0.2) is 48.1 Å². The zero-order chi connectivity index (χ0) is 16.2. The molecule has 0 fully saturated rings. The molecular formula is C16H13ClN4OS. The highest BCUT2D eigenvalue weighted by Gasteiger charge is 2.17. The molecule has 23 heavy (non-hydrogen) atoms. The van der Waals surface area contributed by atoms with E-state index < -0.39 is 0 Å². The highest BCUT2D eigenvalue weighted by molar-refractivity contribution is 7.13. The van der Waals surface area contributed by atoms with Crippen LogP contribution in [0.2, 0.25) is 5.02 Å².